The van der Waals surface area contributed by atoms with Gasteiger partial charge in [0, 0.05) is 32.3 Å². The van der Waals surface area contributed by atoms with Crippen molar-refractivity contribution in [2.75, 3.05) is 20.2 Å². The number of hydrogen-bond donors (Lipinski definition) is 2. The van der Waals surface area contributed by atoms with Crippen molar-refractivity contribution in [2.24, 2.45) is 0 Å². The molecule has 2 atom stereocenters. The molecule has 1 aromatic rings. The quantitative estimate of drug-likeness (QED) is 0.578. The maximum atomic E-state index is 12.2. The van der Waals surface area contributed by atoms with Crippen molar-refractivity contribution in [3.8, 4) is 0 Å². The molecule has 2 rings (SSSR count). The highest BCUT2D eigenvalue weighted by Gasteiger charge is 2.31. The zero-order chi connectivity index (χ0) is 14.8. The Morgan fingerprint density at radius 1 is 1.35 bits per heavy atom. The van der Waals surface area contributed by atoms with Gasteiger partial charge in [-0.15, -0.1) is 0 Å². The van der Waals surface area contributed by atoms with Crippen LogP contribution in [0.15, 0.2) is 29.2 Å². The third-order valence-corrected chi connectivity index (χ3v) is 4.63. The summed E-state index contributed by atoms with van der Waals surface area (Å²) in [6.07, 6.45) is -0.233. The molecule has 110 valence electrons. The van der Waals surface area contributed by atoms with Crippen molar-refractivity contribution >= 4 is 15.7 Å². The molecular weight excluding hydrogens is 286 g/mol. The van der Waals surface area contributed by atoms with Gasteiger partial charge in [0.1, 0.15) is 0 Å². The molecule has 0 amide bonds. The Balaban J connectivity index is 2.15. The van der Waals surface area contributed by atoms with Gasteiger partial charge in [-0.25, -0.2) is 13.1 Å². The molecule has 1 unspecified atom stereocenters. The Labute approximate surface area is 116 Å². The maximum absolute atomic E-state index is 12.2. The Morgan fingerprint density at radius 2 is 2.00 bits per heavy atom. The summed E-state index contributed by atoms with van der Waals surface area (Å²) in [7, 11) is -2.20. The van der Waals surface area contributed by atoms with Crippen LogP contribution in [0, 0.1) is 10.1 Å². The molecule has 1 fully saturated rings. The zero-order valence-corrected chi connectivity index (χ0v) is 11.6. The van der Waals surface area contributed by atoms with Crippen LogP contribution in [-0.2, 0) is 14.8 Å². The maximum Gasteiger partial charge on any atom is 0.269 e. The number of hydrogen-bond acceptors (Lipinski definition) is 6. The number of nitrogens with one attached hydrogen (secondary N) is 2. The summed E-state index contributed by atoms with van der Waals surface area (Å²) in [5, 5.41) is 13.6. The lowest BCUT2D eigenvalue weighted by atomic mass is 10.2. The Hall–Kier alpha value is -1.55. The van der Waals surface area contributed by atoms with Crippen LogP contribution < -0.4 is 10.0 Å². The summed E-state index contributed by atoms with van der Waals surface area (Å²) < 4.78 is 32.0. The van der Waals surface area contributed by atoms with Crippen LogP contribution in [0.3, 0.4) is 0 Å². The average molecular weight is 301 g/mol. The highest BCUT2D eigenvalue weighted by Crippen LogP contribution is 2.17. The van der Waals surface area contributed by atoms with Crippen LogP contribution in [0.5, 0.6) is 0 Å². The lowest BCUT2D eigenvalue weighted by Gasteiger charge is -2.18. The molecule has 0 radical (unpaired) electrons. The molecule has 8 nitrogen and oxygen atoms in total. The van der Waals surface area contributed by atoms with E-state index in [1.165, 1.54) is 19.2 Å². The molecule has 1 aliphatic rings. The normalized spacial score (nSPS) is 22.9. The molecule has 0 saturated carbocycles. The first-order valence-corrected chi connectivity index (χ1v) is 7.42. The number of non-ortho nitro benzene ring substituents is 1. The highest BCUT2D eigenvalue weighted by atomic mass is 32.2. The second-order valence-corrected chi connectivity index (χ2v) is 6.13. The van der Waals surface area contributed by atoms with E-state index in [1.807, 2.05) is 0 Å². The van der Waals surface area contributed by atoms with Crippen molar-refractivity contribution in [2.45, 2.75) is 17.0 Å². The standard InChI is InChI=1S/C11H15N3O5S/c1-19-11-7-12-6-10(11)13-20(17,18)9-4-2-8(3-5-9)14(15)16/h2-5,10-13H,6-7H2,1H3/t10?,11-/m0/s1. The first-order chi connectivity index (χ1) is 9.44. The van der Waals surface area contributed by atoms with Gasteiger partial charge in [0.2, 0.25) is 10.0 Å². The number of ether oxygens (including phenoxy) is 1. The number of nitrogens with zero attached hydrogens (tertiary/aromatic N) is 1. The Bertz CT molecular complexity index is 587. The fourth-order valence-electron chi connectivity index (χ4n) is 2.03. The number of benzene rings is 1. The fraction of sp³-hybridized carbons (Fsp3) is 0.455. The van der Waals surface area contributed by atoms with Gasteiger partial charge in [-0.05, 0) is 12.1 Å². The zero-order valence-electron chi connectivity index (χ0n) is 10.8. The van der Waals surface area contributed by atoms with E-state index in [1.54, 1.807) is 0 Å². The third-order valence-electron chi connectivity index (χ3n) is 3.13. The van der Waals surface area contributed by atoms with Crippen LogP contribution in [0.2, 0.25) is 0 Å². The molecule has 0 aromatic heterocycles. The third kappa shape index (κ3) is 3.12. The second kappa shape index (κ2) is 5.83. The van der Waals surface area contributed by atoms with E-state index in [0.29, 0.717) is 13.1 Å². The molecular formula is C11H15N3O5S. The molecule has 1 aromatic carbocycles. The van der Waals surface area contributed by atoms with Crippen molar-refractivity contribution in [3.05, 3.63) is 34.4 Å². The SMILES string of the molecule is CO[C@H]1CNCC1NS(=O)(=O)c1ccc([N+](=O)[O-])cc1. The van der Waals surface area contributed by atoms with E-state index in [9.17, 15) is 18.5 Å². The van der Waals surface area contributed by atoms with E-state index in [2.05, 4.69) is 10.0 Å². The highest BCUT2D eigenvalue weighted by molar-refractivity contribution is 7.89. The second-order valence-electron chi connectivity index (χ2n) is 4.41. The monoisotopic (exact) mass is 301 g/mol. The molecule has 1 saturated heterocycles. The van der Waals surface area contributed by atoms with Crippen LogP contribution in [0.25, 0.3) is 0 Å². The first kappa shape index (κ1) is 14.9. The van der Waals surface area contributed by atoms with Crippen LogP contribution >= 0.6 is 0 Å². The van der Waals surface area contributed by atoms with E-state index in [4.69, 9.17) is 4.74 Å². The Morgan fingerprint density at radius 3 is 2.55 bits per heavy atom. The lowest BCUT2D eigenvalue weighted by molar-refractivity contribution is -0.384. The van der Waals surface area contributed by atoms with Gasteiger partial charge in [-0.3, -0.25) is 10.1 Å². The van der Waals surface area contributed by atoms with Crippen molar-refractivity contribution in [3.63, 3.8) is 0 Å². The van der Waals surface area contributed by atoms with Crippen molar-refractivity contribution in [1.29, 1.82) is 0 Å². The summed E-state index contributed by atoms with van der Waals surface area (Å²) in [6, 6.07) is 4.39. The molecule has 1 heterocycles. The van der Waals surface area contributed by atoms with Gasteiger partial charge in [0.05, 0.1) is 22.0 Å². The molecule has 1 aliphatic heterocycles. The van der Waals surface area contributed by atoms with Gasteiger partial charge < -0.3 is 10.1 Å². The minimum atomic E-state index is -3.72. The summed E-state index contributed by atoms with van der Waals surface area (Å²) in [5.74, 6) is 0. The van der Waals surface area contributed by atoms with E-state index < -0.39 is 14.9 Å². The van der Waals surface area contributed by atoms with Crippen LogP contribution in [-0.4, -0.2) is 45.7 Å². The van der Waals surface area contributed by atoms with Crippen LogP contribution in [0.1, 0.15) is 0 Å². The summed E-state index contributed by atoms with van der Waals surface area (Å²) in [6.45, 7) is 1.05. The molecule has 0 spiro atoms. The lowest BCUT2D eigenvalue weighted by Crippen LogP contribution is -2.43. The Kier molecular flexibility index (Phi) is 4.33. The van der Waals surface area contributed by atoms with Gasteiger partial charge in [0.15, 0.2) is 0 Å². The number of sulfonamides is 1. The molecule has 2 N–H and O–H groups in total. The minimum Gasteiger partial charge on any atom is -0.378 e. The first-order valence-electron chi connectivity index (χ1n) is 5.94. The number of nitro groups is 1. The van der Waals surface area contributed by atoms with E-state index in [-0.39, 0.29) is 22.7 Å². The van der Waals surface area contributed by atoms with Crippen molar-refractivity contribution in [1.82, 2.24) is 10.0 Å². The predicted octanol–water partition coefficient (Wildman–Crippen LogP) is -0.140. The van der Waals surface area contributed by atoms with E-state index in [0.717, 1.165) is 12.1 Å². The summed E-state index contributed by atoms with van der Waals surface area (Å²) in [4.78, 5) is 9.95. The smallest absolute Gasteiger partial charge is 0.269 e. The van der Waals surface area contributed by atoms with E-state index >= 15 is 0 Å². The number of rotatable bonds is 5. The largest absolute Gasteiger partial charge is 0.378 e. The van der Waals surface area contributed by atoms with Crippen LogP contribution in [0.4, 0.5) is 5.69 Å². The predicted molar refractivity (Wildman–Crippen MR) is 70.9 cm³/mol. The molecule has 0 aliphatic carbocycles. The topological polar surface area (TPSA) is 111 Å². The number of methoxy groups -OCH3 is 1. The van der Waals surface area contributed by atoms with Crippen molar-refractivity contribution < 1.29 is 18.1 Å². The van der Waals surface area contributed by atoms with Gasteiger partial charge in [-0.2, -0.15) is 0 Å². The molecule has 20 heavy (non-hydrogen) atoms. The number of nitro benzene ring substituents is 1. The summed E-state index contributed by atoms with van der Waals surface area (Å²) >= 11 is 0. The average Bonchev–Trinajstić information content (AvgIpc) is 2.85. The van der Waals surface area contributed by atoms with Gasteiger partial charge >= 0.3 is 0 Å². The fourth-order valence-corrected chi connectivity index (χ4v) is 3.30. The molecule has 9 heteroatoms. The minimum absolute atomic E-state index is 0.00940. The summed E-state index contributed by atoms with van der Waals surface area (Å²) in [5.41, 5.74) is -0.152. The van der Waals surface area contributed by atoms with Gasteiger partial charge in [-0.1, -0.05) is 0 Å². The molecule has 0 bridgehead atoms. The van der Waals surface area contributed by atoms with Gasteiger partial charge in [0.25, 0.3) is 5.69 Å².